The molecule has 18 heavy (non-hydrogen) atoms. The van der Waals surface area contributed by atoms with Gasteiger partial charge in [0.25, 0.3) is 0 Å². The van der Waals surface area contributed by atoms with Gasteiger partial charge in [0, 0.05) is 23.9 Å². The molecule has 2 saturated carbocycles. The van der Waals surface area contributed by atoms with Crippen molar-refractivity contribution in [2.24, 2.45) is 23.3 Å². The number of hydrogen-bond donors (Lipinski definition) is 2. The van der Waals surface area contributed by atoms with Crippen LogP contribution >= 0.6 is 0 Å². The van der Waals surface area contributed by atoms with Gasteiger partial charge in [-0.1, -0.05) is 12.8 Å². The maximum absolute atomic E-state index is 8.50. The minimum absolute atomic E-state index is 0.244. The first kappa shape index (κ1) is 15.0. The third-order valence-corrected chi connectivity index (χ3v) is 3.79. The Morgan fingerprint density at radius 1 is 0.722 bits per heavy atom. The molecular formula is C14H24N4. The molecule has 0 aliphatic heterocycles. The Hall–Kier alpha value is -1.10. The second kappa shape index (κ2) is 8.08. The number of hydrogen-bond acceptors (Lipinski definition) is 4. The first-order valence-electron chi connectivity index (χ1n) is 6.96. The predicted molar refractivity (Wildman–Crippen MR) is 71.1 cm³/mol. The number of rotatable bonds is 0. The molecule has 0 radical (unpaired) electrons. The lowest BCUT2D eigenvalue weighted by atomic mass is 9.87. The summed E-state index contributed by atoms with van der Waals surface area (Å²) in [6.07, 6.45) is 8.44. The van der Waals surface area contributed by atoms with Gasteiger partial charge in [0.05, 0.1) is 12.1 Å². The highest BCUT2D eigenvalue weighted by molar-refractivity contribution is 4.89. The summed E-state index contributed by atoms with van der Waals surface area (Å²) in [6, 6.07) is 5.10. The van der Waals surface area contributed by atoms with E-state index in [1.165, 1.54) is 0 Å². The molecule has 4 atom stereocenters. The van der Waals surface area contributed by atoms with Crippen molar-refractivity contribution in [1.29, 1.82) is 10.5 Å². The van der Waals surface area contributed by atoms with Crippen LogP contribution in [0, 0.1) is 34.5 Å². The van der Waals surface area contributed by atoms with Crippen molar-refractivity contribution in [3.05, 3.63) is 0 Å². The average Bonchev–Trinajstić information content (AvgIpc) is 2.39. The number of nitrogens with two attached hydrogens (primary N) is 2. The highest BCUT2D eigenvalue weighted by Gasteiger charge is 2.18. The van der Waals surface area contributed by atoms with E-state index in [1.807, 2.05) is 0 Å². The standard InChI is InChI=1S/2C7H12N2/c2*8-5-6-2-1-3-7(9)4-6/h2*6-7H,1-4,9H2. The van der Waals surface area contributed by atoms with Crippen LogP contribution in [-0.2, 0) is 0 Å². The van der Waals surface area contributed by atoms with E-state index in [-0.39, 0.29) is 11.8 Å². The Labute approximate surface area is 110 Å². The SMILES string of the molecule is N#CC1CCCC(N)C1.N#CC1CCCC(N)C1. The summed E-state index contributed by atoms with van der Waals surface area (Å²) >= 11 is 0. The van der Waals surface area contributed by atoms with E-state index in [9.17, 15) is 0 Å². The molecule has 4 unspecified atom stereocenters. The molecule has 2 aliphatic rings. The summed E-state index contributed by atoms with van der Waals surface area (Å²) in [5.74, 6) is 0.488. The molecule has 0 aromatic heterocycles. The van der Waals surface area contributed by atoms with E-state index in [0.29, 0.717) is 12.1 Å². The van der Waals surface area contributed by atoms with Gasteiger partial charge in [-0.3, -0.25) is 0 Å². The molecule has 4 N–H and O–H groups in total. The topological polar surface area (TPSA) is 99.6 Å². The highest BCUT2D eigenvalue weighted by atomic mass is 14.6. The largest absolute Gasteiger partial charge is 0.328 e. The maximum Gasteiger partial charge on any atom is 0.0656 e. The maximum atomic E-state index is 8.50. The monoisotopic (exact) mass is 248 g/mol. The summed E-state index contributed by atoms with van der Waals surface area (Å²) in [5.41, 5.74) is 11.3. The summed E-state index contributed by atoms with van der Waals surface area (Å²) < 4.78 is 0. The zero-order chi connectivity index (χ0) is 13.4. The van der Waals surface area contributed by atoms with Crippen LogP contribution in [-0.4, -0.2) is 12.1 Å². The van der Waals surface area contributed by atoms with Crippen LogP contribution in [0.5, 0.6) is 0 Å². The smallest absolute Gasteiger partial charge is 0.0656 e. The zero-order valence-electron chi connectivity index (χ0n) is 11.0. The molecule has 2 aliphatic carbocycles. The van der Waals surface area contributed by atoms with Gasteiger partial charge < -0.3 is 11.5 Å². The highest BCUT2D eigenvalue weighted by Crippen LogP contribution is 2.22. The van der Waals surface area contributed by atoms with Crippen LogP contribution in [0.2, 0.25) is 0 Å². The van der Waals surface area contributed by atoms with Gasteiger partial charge in [-0.15, -0.1) is 0 Å². The molecule has 0 heterocycles. The van der Waals surface area contributed by atoms with Crippen molar-refractivity contribution >= 4 is 0 Å². The normalized spacial score (nSPS) is 35.6. The molecule has 100 valence electrons. The van der Waals surface area contributed by atoms with E-state index in [4.69, 9.17) is 22.0 Å². The number of nitrogens with zero attached hydrogens (tertiary/aromatic N) is 2. The Morgan fingerprint density at radius 3 is 1.33 bits per heavy atom. The summed E-state index contributed by atoms with van der Waals surface area (Å²) in [7, 11) is 0. The van der Waals surface area contributed by atoms with Crippen molar-refractivity contribution in [3.8, 4) is 12.1 Å². The average molecular weight is 248 g/mol. The fraction of sp³-hybridized carbons (Fsp3) is 0.857. The lowest BCUT2D eigenvalue weighted by molar-refractivity contribution is 0.379. The molecule has 0 aromatic rings. The van der Waals surface area contributed by atoms with E-state index >= 15 is 0 Å². The fourth-order valence-electron chi connectivity index (χ4n) is 2.69. The van der Waals surface area contributed by atoms with Crippen LogP contribution in [0.3, 0.4) is 0 Å². The van der Waals surface area contributed by atoms with Crippen molar-refractivity contribution in [2.75, 3.05) is 0 Å². The van der Waals surface area contributed by atoms with Crippen LogP contribution in [0.1, 0.15) is 51.4 Å². The van der Waals surface area contributed by atoms with Crippen molar-refractivity contribution in [2.45, 2.75) is 63.5 Å². The summed E-state index contributed by atoms with van der Waals surface area (Å²) in [6.45, 7) is 0. The Kier molecular flexibility index (Phi) is 6.72. The minimum Gasteiger partial charge on any atom is -0.328 e. The van der Waals surface area contributed by atoms with Gasteiger partial charge >= 0.3 is 0 Å². The molecule has 2 rings (SSSR count). The fourth-order valence-corrected chi connectivity index (χ4v) is 2.69. The van der Waals surface area contributed by atoms with Gasteiger partial charge in [0.15, 0.2) is 0 Å². The molecule has 0 amide bonds. The van der Waals surface area contributed by atoms with Gasteiger partial charge in [0.1, 0.15) is 0 Å². The number of nitriles is 2. The molecule has 4 heteroatoms. The van der Waals surface area contributed by atoms with E-state index in [0.717, 1.165) is 51.4 Å². The van der Waals surface area contributed by atoms with E-state index in [2.05, 4.69) is 12.1 Å². The molecule has 0 saturated heterocycles. The van der Waals surface area contributed by atoms with Gasteiger partial charge in [-0.2, -0.15) is 10.5 Å². The Bertz CT molecular complexity index is 283. The molecule has 4 nitrogen and oxygen atoms in total. The van der Waals surface area contributed by atoms with E-state index in [1.54, 1.807) is 0 Å². The summed E-state index contributed by atoms with van der Waals surface area (Å²) in [4.78, 5) is 0. The molecule has 0 spiro atoms. The van der Waals surface area contributed by atoms with Crippen molar-refractivity contribution < 1.29 is 0 Å². The predicted octanol–water partition coefficient (Wildman–Crippen LogP) is 2.05. The van der Waals surface area contributed by atoms with Crippen LogP contribution < -0.4 is 11.5 Å². The van der Waals surface area contributed by atoms with Gasteiger partial charge in [-0.25, -0.2) is 0 Å². The first-order chi connectivity index (χ1) is 8.65. The van der Waals surface area contributed by atoms with Gasteiger partial charge in [0.2, 0.25) is 0 Å². The zero-order valence-corrected chi connectivity index (χ0v) is 11.0. The first-order valence-corrected chi connectivity index (χ1v) is 6.96. The van der Waals surface area contributed by atoms with E-state index < -0.39 is 0 Å². The summed E-state index contributed by atoms with van der Waals surface area (Å²) in [5, 5.41) is 17.0. The van der Waals surface area contributed by atoms with Crippen molar-refractivity contribution in [1.82, 2.24) is 0 Å². The molecule has 0 bridgehead atoms. The third-order valence-electron chi connectivity index (χ3n) is 3.79. The quantitative estimate of drug-likeness (QED) is 0.685. The van der Waals surface area contributed by atoms with Crippen molar-refractivity contribution in [3.63, 3.8) is 0 Å². The Morgan fingerprint density at radius 2 is 1.11 bits per heavy atom. The second-order valence-electron chi connectivity index (χ2n) is 5.51. The molecule has 2 fully saturated rings. The Balaban J connectivity index is 0.000000180. The van der Waals surface area contributed by atoms with Crippen LogP contribution in [0.4, 0.5) is 0 Å². The lowest BCUT2D eigenvalue weighted by Gasteiger charge is -2.20. The lowest BCUT2D eigenvalue weighted by Crippen LogP contribution is -2.27. The van der Waals surface area contributed by atoms with Crippen LogP contribution in [0.25, 0.3) is 0 Å². The third kappa shape index (κ3) is 5.49. The molecule has 0 aromatic carbocycles. The second-order valence-corrected chi connectivity index (χ2v) is 5.51. The minimum atomic E-state index is 0.244. The molecular weight excluding hydrogens is 224 g/mol. The van der Waals surface area contributed by atoms with Crippen LogP contribution in [0.15, 0.2) is 0 Å². The van der Waals surface area contributed by atoms with Gasteiger partial charge in [-0.05, 0) is 38.5 Å².